The molecule has 17 heavy (non-hydrogen) atoms. The van der Waals surface area contributed by atoms with Crippen LogP contribution in [-0.4, -0.2) is 24.7 Å². The number of amides is 1. The molecule has 0 spiro atoms. The second kappa shape index (κ2) is 8.39. The Morgan fingerprint density at radius 3 is 2.59 bits per heavy atom. The van der Waals surface area contributed by atoms with Crippen molar-refractivity contribution in [2.75, 3.05) is 18.9 Å². The van der Waals surface area contributed by atoms with Gasteiger partial charge in [0.05, 0.1) is 12.2 Å². The summed E-state index contributed by atoms with van der Waals surface area (Å²) in [5.74, 6) is -0.0145. The van der Waals surface area contributed by atoms with Crippen molar-refractivity contribution in [1.82, 2.24) is 5.32 Å². The van der Waals surface area contributed by atoms with E-state index in [0.717, 1.165) is 10.6 Å². The fourth-order valence-electron chi connectivity index (χ4n) is 1.28. The molecule has 0 aliphatic carbocycles. The van der Waals surface area contributed by atoms with Gasteiger partial charge in [-0.1, -0.05) is 26.0 Å². The van der Waals surface area contributed by atoms with E-state index in [1.165, 1.54) is 0 Å². The van der Waals surface area contributed by atoms with Crippen LogP contribution in [-0.2, 0) is 4.79 Å². The maximum atomic E-state index is 11.5. The summed E-state index contributed by atoms with van der Waals surface area (Å²) < 4.78 is 0. The molecule has 96 valence electrons. The smallest absolute Gasteiger partial charge is 0.238 e. The van der Waals surface area contributed by atoms with Gasteiger partial charge in [-0.15, -0.1) is 24.2 Å². The van der Waals surface area contributed by atoms with E-state index >= 15 is 0 Å². The zero-order valence-corrected chi connectivity index (χ0v) is 12.0. The zero-order chi connectivity index (χ0) is 12.0. The quantitative estimate of drug-likeness (QED) is 0.812. The van der Waals surface area contributed by atoms with Crippen LogP contribution in [0.15, 0.2) is 29.2 Å². The van der Waals surface area contributed by atoms with E-state index in [1.807, 2.05) is 24.3 Å². The second-order valence-corrected chi connectivity index (χ2v) is 5.36. The Morgan fingerprint density at radius 2 is 2.00 bits per heavy atom. The third kappa shape index (κ3) is 5.96. The lowest BCUT2D eigenvalue weighted by molar-refractivity contribution is -0.115. The summed E-state index contributed by atoms with van der Waals surface area (Å²) in [6.45, 7) is 4.61. The highest BCUT2D eigenvalue weighted by Crippen LogP contribution is 2.29. The molecule has 1 aromatic carbocycles. The summed E-state index contributed by atoms with van der Waals surface area (Å²) in [4.78, 5) is 12.6. The number of hydrogen-bond donors (Lipinski definition) is 2. The van der Waals surface area contributed by atoms with Gasteiger partial charge >= 0.3 is 0 Å². The summed E-state index contributed by atoms with van der Waals surface area (Å²) >= 11 is 1.75. The molecular weight excluding hydrogens is 256 g/mol. The number of halogens is 1. The molecule has 0 aromatic heterocycles. The van der Waals surface area contributed by atoms with E-state index in [9.17, 15) is 4.79 Å². The van der Waals surface area contributed by atoms with Crippen LogP contribution in [0.4, 0.5) is 5.69 Å². The van der Waals surface area contributed by atoms with Gasteiger partial charge in [0.2, 0.25) is 5.91 Å². The Bertz CT molecular complexity index is 358. The predicted molar refractivity (Wildman–Crippen MR) is 77.2 cm³/mol. The maximum Gasteiger partial charge on any atom is 0.238 e. The van der Waals surface area contributed by atoms with Crippen molar-refractivity contribution in [3.63, 3.8) is 0 Å². The highest BCUT2D eigenvalue weighted by Gasteiger charge is 2.07. The number of carbonyl (C=O) groups is 1. The topological polar surface area (TPSA) is 41.1 Å². The Hall–Kier alpha value is -0.710. The van der Waals surface area contributed by atoms with E-state index in [0.29, 0.717) is 11.8 Å². The molecule has 2 N–H and O–H groups in total. The monoisotopic (exact) mass is 274 g/mol. The van der Waals surface area contributed by atoms with Gasteiger partial charge in [0.15, 0.2) is 0 Å². The van der Waals surface area contributed by atoms with Crippen LogP contribution in [0.1, 0.15) is 13.8 Å². The Kier molecular flexibility index (Phi) is 8.04. The van der Waals surface area contributed by atoms with Gasteiger partial charge in [0.25, 0.3) is 0 Å². The van der Waals surface area contributed by atoms with Gasteiger partial charge in [-0.25, -0.2) is 0 Å². The van der Waals surface area contributed by atoms with E-state index in [1.54, 1.807) is 18.8 Å². The van der Waals surface area contributed by atoms with Crippen LogP contribution in [0.5, 0.6) is 0 Å². The number of thioether (sulfide) groups is 1. The molecule has 0 aliphatic heterocycles. The average Bonchev–Trinajstić information content (AvgIpc) is 2.20. The number of likely N-dealkylation sites (N-methyl/N-ethyl adjacent to an activating group) is 1. The fourth-order valence-corrected chi connectivity index (χ4v) is 2.19. The van der Waals surface area contributed by atoms with Crippen LogP contribution < -0.4 is 10.6 Å². The zero-order valence-electron chi connectivity index (χ0n) is 10.3. The Labute approximate surface area is 113 Å². The molecule has 0 heterocycles. The highest BCUT2D eigenvalue weighted by molar-refractivity contribution is 8.00. The van der Waals surface area contributed by atoms with Crippen LogP contribution in [0.25, 0.3) is 0 Å². The van der Waals surface area contributed by atoms with Crippen LogP contribution >= 0.6 is 24.2 Å². The van der Waals surface area contributed by atoms with Crippen molar-refractivity contribution in [2.24, 2.45) is 0 Å². The minimum Gasteiger partial charge on any atom is -0.324 e. The van der Waals surface area contributed by atoms with Crippen molar-refractivity contribution in [2.45, 2.75) is 24.0 Å². The van der Waals surface area contributed by atoms with Crippen molar-refractivity contribution in [3.05, 3.63) is 24.3 Å². The first-order valence-electron chi connectivity index (χ1n) is 5.33. The minimum atomic E-state index is -0.0145. The largest absolute Gasteiger partial charge is 0.324 e. The number of rotatable bonds is 5. The number of hydrogen-bond acceptors (Lipinski definition) is 3. The lowest BCUT2D eigenvalue weighted by Gasteiger charge is -2.12. The molecule has 3 nitrogen and oxygen atoms in total. The molecule has 0 aliphatic rings. The average molecular weight is 275 g/mol. The molecule has 1 rings (SSSR count). The van der Waals surface area contributed by atoms with Crippen molar-refractivity contribution < 1.29 is 4.79 Å². The van der Waals surface area contributed by atoms with Gasteiger partial charge in [0, 0.05) is 10.1 Å². The number of para-hydroxylation sites is 1. The molecule has 1 aromatic rings. The Morgan fingerprint density at radius 1 is 1.35 bits per heavy atom. The standard InChI is InChI=1S/C12H18N2OS.ClH/c1-9(2)16-11-7-5-4-6-10(11)14-12(15)8-13-3;/h4-7,9,13H,8H2,1-3H3,(H,14,15);1H. The van der Waals surface area contributed by atoms with Crippen molar-refractivity contribution in [3.8, 4) is 0 Å². The first kappa shape index (κ1) is 16.3. The number of benzene rings is 1. The van der Waals surface area contributed by atoms with Gasteiger partial charge in [-0.3, -0.25) is 4.79 Å². The first-order valence-corrected chi connectivity index (χ1v) is 6.21. The molecule has 5 heteroatoms. The van der Waals surface area contributed by atoms with E-state index in [2.05, 4.69) is 24.5 Å². The molecule has 0 saturated heterocycles. The third-order valence-electron chi connectivity index (χ3n) is 1.86. The molecule has 0 bridgehead atoms. The van der Waals surface area contributed by atoms with Crippen LogP contribution in [0.2, 0.25) is 0 Å². The number of carbonyl (C=O) groups excluding carboxylic acids is 1. The minimum absolute atomic E-state index is 0. The predicted octanol–water partition coefficient (Wildman–Crippen LogP) is 2.77. The molecule has 0 saturated carbocycles. The van der Waals surface area contributed by atoms with Crippen LogP contribution in [0, 0.1) is 0 Å². The Balaban J connectivity index is 0.00000256. The molecule has 1 amide bonds. The summed E-state index contributed by atoms with van der Waals surface area (Å²) in [5, 5.41) is 6.23. The summed E-state index contributed by atoms with van der Waals surface area (Å²) in [7, 11) is 1.76. The van der Waals surface area contributed by atoms with Gasteiger partial charge < -0.3 is 10.6 Å². The van der Waals surface area contributed by atoms with E-state index in [4.69, 9.17) is 0 Å². The SMILES string of the molecule is CNCC(=O)Nc1ccccc1SC(C)C.Cl. The van der Waals surface area contributed by atoms with Crippen molar-refractivity contribution >= 4 is 35.8 Å². The highest BCUT2D eigenvalue weighted by atomic mass is 35.5. The number of anilines is 1. The lowest BCUT2D eigenvalue weighted by atomic mass is 10.3. The molecular formula is C12H19ClN2OS. The molecule has 0 atom stereocenters. The maximum absolute atomic E-state index is 11.5. The van der Waals surface area contributed by atoms with E-state index < -0.39 is 0 Å². The summed E-state index contributed by atoms with van der Waals surface area (Å²) in [5.41, 5.74) is 0.890. The third-order valence-corrected chi connectivity index (χ3v) is 2.94. The van der Waals surface area contributed by atoms with Gasteiger partial charge in [0.1, 0.15) is 0 Å². The molecule has 0 unspecified atom stereocenters. The lowest BCUT2D eigenvalue weighted by Crippen LogP contribution is -2.25. The van der Waals surface area contributed by atoms with Crippen molar-refractivity contribution in [1.29, 1.82) is 0 Å². The van der Waals surface area contributed by atoms with Gasteiger partial charge in [-0.2, -0.15) is 0 Å². The second-order valence-electron chi connectivity index (χ2n) is 3.74. The summed E-state index contributed by atoms with van der Waals surface area (Å²) in [6.07, 6.45) is 0. The molecule has 0 radical (unpaired) electrons. The van der Waals surface area contributed by atoms with Gasteiger partial charge in [-0.05, 0) is 19.2 Å². The normalized spacial score (nSPS) is 9.88. The fraction of sp³-hybridized carbons (Fsp3) is 0.417. The van der Waals surface area contributed by atoms with Crippen LogP contribution in [0.3, 0.4) is 0 Å². The van der Waals surface area contributed by atoms with E-state index in [-0.39, 0.29) is 18.3 Å². The number of nitrogens with one attached hydrogen (secondary N) is 2. The summed E-state index contributed by atoms with van der Waals surface area (Å²) in [6, 6.07) is 7.87. The molecule has 0 fully saturated rings. The first-order chi connectivity index (χ1) is 7.63.